The van der Waals surface area contributed by atoms with Gasteiger partial charge in [-0.05, 0) is 49.2 Å². The molecule has 0 unspecified atom stereocenters. The van der Waals surface area contributed by atoms with Crippen LogP contribution in [0.5, 0.6) is 0 Å². The van der Waals surface area contributed by atoms with Crippen LogP contribution in [0.15, 0.2) is 42.5 Å². The van der Waals surface area contributed by atoms with Crippen LogP contribution in [0.25, 0.3) is 0 Å². The lowest BCUT2D eigenvalue weighted by Crippen LogP contribution is -2.18. The van der Waals surface area contributed by atoms with Crippen LogP contribution in [0.3, 0.4) is 0 Å². The highest BCUT2D eigenvalue weighted by Gasteiger charge is 2.30. The summed E-state index contributed by atoms with van der Waals surface area (Å²) in [6.45, 7) is 0. The van der Waals surface area contributed by atoms with Gasteiger partial charge in [0, 0.05) is 27.8 Å². The molecule has 0 saturated carbocycles. The molecule has 0 atom stereocenters. The van der Waals surface area contributed by atoms with Crippen molar-refractivity contribution in [1.82, 2.24) is 9.97 Å². The van der Waals surface area contributed by atoms with Gasteiger partial charge in [0.25, 0.3) is 0 Å². The lowest BCUT2D eigenvalue weighted by atomic mass is 9.95. The van der Waals surface area contributed by atoms with Crippen LogP contribution >= 0.6 is 23.2 Å². The molecule has 160 valence electrons. The van der Waals surface area contributed by atoms with Gasteiger partial charge in [-0.2, -0.15) is 18.2 Å². The van der Waals surface area contributed by atoms with Gasteiger partial charge >= 0.3 is 6.18 Å². The number of halogens is 5. The number of fused-ring (bicyclic) bond motifs is 1. The van der Waals surface area contributed by atoms with Crippen molar-refractivity contribution in [3.63, 3.8) is 0 Å². The van der Waals surface area contributed by atoms with Crippen LogP contribution in [0.4, 0.5) is 36.3 Å². The van der Waals surface area contributed by atoms with Gasteiger partial charge in [0.15, 0.2) is 5.78 Å². The summed E-state index contributed by atoms with van der Waals surface area (Å²) in [4.78, 5) is 21.3. The fourth-order valence-electron chi connectivity index (χ4n) is 3.33. The molecule has 2 aromatic carbocycles. The van der Waals surface area contributed by atoms with Crippen molar-refractivity contribution < 1.29 is 18.0 Å². The predicted octanol–water partition coefficient (Wildman–Crippen LogP) is 6.81. The molecule has 5 nitrogen and oxygen atoms in total. The number of carbonyl (C=O) groups is 1. The topological polar surface area (TPSA) is 66.9 Å². The van der Waals surface area contributed by atoms with Crippen LogP contribution < -0.4 is 10.6 Å². The summed E-state index contributed by atoms with van der Waals surface area (Å²) in [7, 11) is 0. The normalized spacial score (nSPS) is 13.6. The zero-order valence-corrected chi connectivity index (χ0v) is 17.4. The predicted molar refractivity (Wildman–Crippen MR) is 114 cm³/mol. The molecule has 0 aliphatic heterocycles. The highest BCUT2D eigenvalue weighted by Crippen LogP contribution is 2.33. The molecule has 0 bridgehead atoms. The van der Waals surface area contributed by atoms with Gasteiger partial charge < -0.3 is 10.6 Å². The maximum Gasteiger partial charge on any atom is 0.416 e. The summed E-state index contributed by atoms with van der Waals surface area (Å²) in [5.74, 6) is 0.202. The Hall–Kier alpha value is -2.84. The fourth-order valence-corrected chi connectivity index (χ4v) is 3.86. The Morgan fingerprint density at radius 2 is 1.65 bits per heavy atom. The first-order valence-corrected chi connectivity index (χ1v) is 10.1. The minimum Gasteiger partial charge on any atom is -0.339 e. The lowest BCUT2D eigenvalue weighted by Gasteiger charge is -2.19. The average Bonchev–Trinajstić information content (AvgIpc) is 2.66. The summed E-state index contributed by atoms with van der Waals surface area (Å²) < 4.78 is 39.1. The summed E-state index contributed by atoms with van der Waals surface area (Å²) >= 11 is 12.1. The molecule has 2 N–H and O–H groups in total. The van der Waals surface area contributed by atoms with Crippen molar-refractivity contribution >= 4 is 52.1 Å². The second-order valence-corrected chi connectivity index (χ2v) is 7.85. The van der Waals surface area contributed by atoms with Gasteiger partial charge in [-0.15, -0.1) is 0 Å². The first-order valence-electron chi connectivity index (χ1n) is 9.30. The van der Waals surface area contributed by atoms with E-state index in [-0.39, 0.29) is 23.2 Å². The molecule has 31 heavy (non-hydrogen) atoms. The maximum absolute atomic E-state index is 13.0. The van der Waals surface area contributed by atoms with E-state index in [2.05, 4.69) is 20.6 Å². The third kappa shape index (κ3) is 4.91. The number of nitrogens with one attached hydrogen (secondary N) is 2. The molecule has 4 rings (SSSR count). The van der Waals surface area contributed by atoms with Gasteiger partial charge in [0.2, 0.25) is 5.95 Å². The number of alkyl halides is 3. The van der Waals surface area contributed by atoms with Gasteiger partial charge in [0.1, 0.15) is 5.82 Å². The number of ketones is 1. The van der Waals surface area contributed by atoms with Crippen molar-refractivity contribution in [2.24, 2.45) is 0 Å². The number of benzene rings is 2. The summed E-state index contributed by atoms with van der Waals surface area (Å²) in [5, 5.41) is 6.64. The number of hydrogen-bond acceptors (Lipinski definition) is 5. The molecule has 1 aromatic heterocycles. The smallest absolute Gasteiger partial charge is 0.339 e. The molecule has 10 heteroatoms. The van der Waals surface area contributed by atoms with E-state index >= 15 is 0 Å². The second kappa shape index (κ2) is 8.36. The molecule has 0 amide bonds. The van der Waals surface area contributed by atoms with E-state index in [0.29, 0.717) is 46.3 Å². The number of anilines is 4. The molecular weight excluding hydrogens is 452 g/mol. The number of nitrogens with zero attached hydrogens (tertiary/aromatic N) is 2. The SMILES string of the molecule is O=C1CCCc2nc(Nc3cccc(C(F)(F)F)c3)nc(Nc3cc(Cl)cc(Cl)c3)c21. The van der Waals surface area contributed by atoms with Crippen LogP contribution in [0.2, 0.25) is 10.0 Å². The average molecular weight is 467 g/mol. The Morgan fingerprint density at radius 1 is 0.903 bits per heavy atom. The molecule has 3 aromatic rings. The Labute approximate surface area is 185 Å². The molecule has 1 heterocycles. The van der Waals surface area contributed by atoms with Crippen molar-refractivity contribution in [2.45, 2.75) is 25.4 Å². The third-order valence-electron chi connectivity index (χ3n) is 4.65. The minimum absolute atomic E-state index is 0.0726. The summed E-state index contributed by atoms with van der Waals surface area (Å²) in [6, 6.07) is 9.53. The summed E-state index contributed by atoms with van der Waals surface area (Å²) in [6.07, 6.45) is -2.93. The number of carbonyl (C=O) groups excluding carboxylic acids is 1. The number of rotatable bonds is 4. The lowest BCUT2D eigenvalue weighted by molar-refractivity contribution is -0.137. The number of Topliss-reactive ketones (excluding diaryl/α,β-unsaturated/α-hetero) is 1. The number of aromatic nitrogens is 2. The zero-order chi connectivity index (χ0) is 22.2. The van der Waals surface area contributed by atoms with E-state index in [4.69, 9.17) is 23.2 Å². The van der Waals surface area contributed by atoms with E-state index in [9.17, 15) is 18.0 Å². The Bertz CT molecular complexity index is 1150. The quantitative estimate of drug-likeness (QED) is 0.442. The monoisotopic (exact) mass is 466 g/mol. The highest BCUT2D eigenvalue weighted by atomic mass is 35.5. The van der Waals surface area contributed by atoms with Crippen LogP contribution in [0.1, 0.15) is 34.5 Å². The Morgan fingerprint density at radius 3 is 2.35 bits per heavy atom. The molecule has 1 aliphatic carbocycles. The van der Waals surface area contributed by atoms with E-state index in [0.717, 1.165) is 12.1 Å². The van der Waals surface area contributed by atoms with E-state index in [1.54, 1.807) is 18.2 Å². The van der Waals surface area contributed by atoms with Crippen molar-refractivity contribution in [3.8, 4) is 0 Å². The fraction of sp³-hybridized carbons (Fsp3) is 0.190. The second-order valence-electron chi connectivity index (χ2n) is 6.98. The van der Waals surface area contributed by atoms with Crippen molar-refractivity contribution in [3.05, 3.63) is 69.3 Å². The first-order chi connectivity index (χ1) is 14.7. The molecule has 1 aliphatic rings. The standard InChI is InChI=1S/C21H15Cl2F3N4O/c22-12-8-13(23)10-15(9-12)27-19-18-16(5-2-6-17(18)31)29-20(30-19)28-14-4-1-3-11(7-14)21(24,25)26/h1,3-4,7-10H,2,5-6H2,(H2,27,28,29,30). The minimum atomic E-state index is -4.47. The zero-order valence-electron chi connectivity index (χ0n) is 15.9. The molecule has 0 fully saturated rings. The van der Waals surface area contributed by atoms with Gasteiger partial charge in [0.05, 0.1) is 16.8 Å². The van der Waals surface area contributed by atoms with E-state index in [1.165, 1.54) is 12.1 Å². The summed E-state index contributed by atoms with van der Waals surface area (Å²) in [5.41, 5.74) is 0.779. The number of hydrogen-bond donors (Lipinski definition) is 2. The van der Waals surface area contributed by atoms with E-state index in [1.807, 2.05) is 0 Å². The van der Waals surface area contributed by atoms with Crippen molar-refractivity contribution in [1.29, 1.82) is 0 Å². The van der Waals surface area contributed by atoms with Gasteiger partial charge in [-0.1, -0.05) is 29.3 Å². The van der Waals surface area contributed by atoms with Crippen molar-refractivity contribution in [2.75, 3.05) is 10.6 Å². The third-order valence-corrected chi connectivity index (χ3v) is 5.09. The molecule has 0 radical (unpaired) electrons. The van der Waals surface area contributed by atoms with E-state index < -0.39 is 11.7 Å². The Balaban J connectivity index is 1.73. The Kier molecular flexibility index (Phi) is 5.77. The van der Waals surface area contributed by atoms with Crippen LogP contribution in [-0.2, 0) is 12.6 Å². The number of aryl methyl sites for hydroxylation is 1. The van der Waals surface area contributed by atoms with Gasteiger partial charge in [-0.25, -0.2) is 4.98 Å². The largest absolute Gasteiger partial charge is 0.416 e. The first kappa shape index (κ1) is 21.4. The van der Waals surface area contributed by atoms with Crippen LogP contribution in [-0.4, -0.2) is 15.8 Å². The molecule has 0 saturated heterocycles. The van der Waals surface area contributed by atoms with Gasteiger partial charge in [-0.3, -0.25) is 4.79 Å². The molecule has 0 spiro atoms. The molecular formula is C21H15Cl2F3N4O. The maximum atomic E-state index is 13.0. The van der Waals surface area contributed by atoms with Crippen LogP contribution in [0, 0.1) is 0 Å². The highest BCUT2D eigenvalue weighted by molar-refractivity contribution is 6.35.